The van der Waals surface area contributed by atoms with Crippen molar-refractivity contribution in [3.8, 4) is 0 Å². The minimum Gasteiger partial charge on any atom is -0.391 e. The van der Waals surface area contributed by atoms with E-state index >= 15 is 0 Å². The van der Waals surface area contributed by atoms with Crippen LogP contribution in [0.3, 0.4) is 0 Å². The van der Waals surface area contributed by atoms with Crippen LogP contribution in [0.15, 0.2) is 0 Å². The van der Waals surface area contributed by atoms with Gasteiger partial charge in [-0.3, -0.25) is 4.90 Å². The summed E-state index contributed by atoms with van der Waals surface area (Å²) in [6.07, 6.45) is 4.24. The largest absolute Gasteiger partial charge is 0.391 e. The van der Waals surface area contributed by atoms with E-state index in [1.54, 1.807) is 0 Å². The van der Waals surface area contributed by atoms with Gasteiger partial charge in [-0.2, -0.15) is 0 Å². The van der Waals surface area contributed by atoms with Gasteiger partial charge in [0, 0.05) is 25.7 Å². The summed E-state index contributed by atoms with van der Waals surface area (Å²) in [6.45, 7) is 10.8. The van der Waals surface area contributed by atoms with E-state index in [9.17, 15) is 5.11 Å². The predicted molar refractivity (Wildman–Crippen MR) is 73.6 cm³/mol. The second-order valence-electron chi connectivity index (χ2n) is 7.01. The van der Waals surface area contributed by atoms with E-state index in [1.807, 2.05) is 0 Å². The summed E-state index contributed by atoms with van der Waals surface area (Å²) >= 11 is 0. The molecule has 1 aliphatic carbocycles. The second-order valence-corrected chi connectivity index (χ2v) is 7.01. The summed E-state index contributed by atoms with van der Waals surface area (Å²) in [5.41, 5.74) is 0.362. The Hall–Kier alpha value is -0.120. The molecule has 0 bridgehead atoms. The zero-order valence-corrected chi connectivity index (χ0v) is 12.2. The molecule has 1 N–H and O–H groups in total. The highest BCUT2D eigenvalue weighted by atomic mass is 16.5. The summed E-state index contributed by atoms with van der Waals surface area (Å²) in [7, 11) is 0. The first-order valence-corrected chi connectivity index (χ1v) is 7.48. The number of hydrogen-bond donors (Lipinski definition) is 1. The highest BCUT2D eigenvalue weighted by Crippen LogP contribution is 2.39. The van der Waals surface area contributed by atoms with Crippen LogP contribution in [0.1, 0.15) is 46.5 Å². The highest BCUT2D eigenvalue weighted by molar-refractivity contribution is 4.91. The Labute approximate surface area is 112 Å². The van der Waals surface area contributed by atoms with Crippen LogP contribution in [0.5, 0.6) is 0 Å². The van der Waals surface area contributed by atoms with E-state index in [0.29, 0.717) is 11.5 Å². The normalized spacial score (nSPS) is 36.3. The minimum absolute atomic E-state index is 0.137. The fourth-order valence-electron chi connectivity index (χ4n) is 3.41. The van der Waals surface area contributed by atoms with Gasteiger partial charge in [0.25, 0.3) is 0 Å². The Bertz CT molecular complexity index is 254. The van der Waals surface area contributed by atoms with Crippen LogP contribution in [0.25, 0.3) is 0 Å². The first-order chi connectivity index (χ1) is 8.48. The summed E-state index contributed by atoms with van der Waals surface area (Å²) in [4.78, 5) is 2.47. The molecule has 2 rings (SSSR count). The molecule has 3 atom stereocenters. The Morgan fingerprint density at radius 3 is 2.61 bits per heavy atom. The number of hydrogen-bond acceptors (Lipinski definition) is 3. The first-order valence-electron chi connectivity index (χ1n) is 7.48. The van der Waals surface area contributed by atoms with E-state index in [-0.39, 0.29) is 6.10 Å². The van der Waals surface area contributed by atoms with Gasteiger partial charge in [0.15, 0.2) is 0 Å². The summed E-state index contributed by atoms with van der Waals surface area (Å²) in [6, 6.07) is 0.352. The molecule has 0 radical (unpaired) electrons. The van der Waals surface area contributed by atoms with Gasteiger partial charge in [-0.25, -0.2) is 0 Å². The van der Waals surface area contributed by atoms with Crippen molar-refractivity contribution in [1.82, 2.24) is 4.90 Å². The Kier molecular flexibility index (Phi) is 4.68. The molecule has 0 amide bonds. The van der Waals surface area contributed by atoms with Gasteiger partial charge in [-0.15, -0.1) is 0 Å². The van der Waals surface area contributed by atoms with Crippen molar-refractivity contribution in [3.05, 3.63) is 0 Å². The quantitative estimate of drug-likeness (QED) is 0.780. The lowest BCUT2D eigenvalue weighted by atomic mass is 9.70. The minimum atomic E-state index is -0.137. The van der Waals surface area contributed by atoms with Gasteiger partial charge in [-0.05, 0) is 37.0 Å². The van der Waals surface area contributed by atoms with Gasteiger partial charge in [0.05, 0.1) is 12.7 Å². The maximum Gasteiger partial charge on any atom is 0.0695 e. The predicted octanol–water partition coefficient (Wildman–Crippen LogP) is 2.28. The van der Waals surface area contributed by atoms with Gasteiger partial charge < -0.3 is 9.84 Å². The van der Waals surface area contributed by atoms with Crippen LogP contribution in [0, 0.1) is 11.3 Å². The van der Waals surface area contributed by atoms with Gasteiger partial charge >= 0.3 is 0 Å². The van der Waals surface area contributed by atoms with Gasteiger partial charge in [0.1, 0.15) is 0 Å². The molecular weight excluding hydrogens is 226 g/mol. The maximum absolute atomic E-state index is 10.3. The van der Waals surface area contributed by atoms with E-state index < -0.39 is 0 Å². The number of aliphatic hydroxyl groups is 1. The second kappa shape index (κ2) is 5.89. The third-order valence-electron chi connectivity index (χ3n) is 4.73. The molecule has 0 spiro atoms. The van der Waals surface area contributed by atoms with Crippen molar-refractivity contribution in [2.75, 3.05) is 26.3 Å². The highest BCUT2D eigenvalue weighted by Gasteiger charge is 2.37. The van der Waals surface area contributed by atoms with Crippen LogP contribution >= 0.6 is 0 Å². The topological polar surface area (TPSA) is 32.7 Å². The van der Waals surface area contributed by atoms with Crippen LogP contribution < -0.4 is 0 Å². The Morgan fingerprint density at radius 1 is 1.11 bits per heavy atom. The van der Waals surface area contributed by atoms with Crippen LogP contribution in [0.2, 0.25) is 0 Å². The zero-order valence-electron chi connectivity index (χ0n) is 12.2. The average Bonchev–Trinajstić information content (AvgIpc) is 2.56. The van der Waals surface area contributed by atoms with Crippen molar-refractivity contribution in [3.63, 3.8) is 0 Å². The molecule has 1 saturated carbocycles. The molecular formula is C15H29NO2. The third-order valence-corrected chi connectivity index (χ3v) is 4.73. The summed E-state index contributed by atoms with van der Waals surface area (Å²) in [5.74, 6) is 0.732. The maximum atomic E-state index is 10.3. The molecule has 3 unspecified atom stereocenters. The third kappa shape index (κ3) is 3.46. The average molecular weight is 255 g/mol. The van der Waals surface area contributed by atoms with Crippen molar-refractivity contribution in [2.24, 2.45) is 11.3 Å². The number of aliphatic hydroxyl groups excluding tert-OH is 1. The molecule has 18 heavy (non-hydrogen) atoms. The molecule has 1 saturated heterocycles. The van der Waals surface area contributed by atoms with Crippen molar-refractivity contribution >= 4 is 0 Å². The molecule has 3 nitrogen and oxygen atoms in total. The summed E-state index contributed by atoms with van der Waals surface area (Å²) in [5, 5.41) is 10.3. The molecule has 2 aliphatic rings. The van der Waals surface area contributed by atoms with E-state index in [2.05, 4.69) is 25.7 Å². The molecule has 3 heteroatoms. The van der Waals surface area contributed by atoms with E-state index in [0.717, 1.165) is 51.5 Å². The molecule has 0 aromatic carbocycles. The Morgan fingerprint density at radius 2 is 1.89 bits per heavy atom. The zero-order chi connectivity index (χ0) is 13.2. The standard InChI is InChI=1S/C15H29NO2/c1-15(2,3)12-5-6-14(17)13(11-12)16-7-4-9-18-10-8-16/h12-14,17H,4-11H2,1-3H3. The van der Waals surface area contributed by atoms with Gasteiger partial charge in [0.2, 0.25) is 0 Å². The molecule has 1 heterocycles. The monoisotopic (exact) mass is 255 g/mol. The SMILES string of the molecule is CC(C)(C)C1CCC(O)C(N2CCCOCC2)C1. The van der Waals surface area contributed by atoms with Crippen molar-refractivity contribution < 1.29 is 9.84 Å². The molecule has 1 aliphatic heterocycles. The fourth-order valence-corrected chi connectivity index (χ4v) is 3.41. The lowest BCUT2D eigenvalue weighted by molar-refractivity contribution is -0.0173. The lowest BCUT2D eigenvalue weighted by Gasteiger charge is -2.44. The number of nitrogens with zero attached hydrogens (tertiary/aromatic N) is 1. The van der Waals surface area contributed by atoms with Crippen molar-refractivity contribution in [2.45, 2.75) is 58.6 Å². The number of rotatable bonds is 1. The fraction of sp³-hybridized carbons (Fsp3) is 1.00. The van der Waals surface area contributed by atoms with Crippen LogP contribution in [0.4, 0.5) is 0 Å². The smallest absolute Gasteiger partial charge is 0.0695 e. The lowest BCUT2D eigenvalue weighted by Crippen LogP contribution is -2.49. The van der Waals surface area contributed by atoms with E-state index in [1.165, 1.54) is 6.42 Å². The van der Waals surface area contributed by atoms with Crippen LogP contribution in [-0.2, 0) is 4.74 Å². The van der Waals surface area contributed by atoms with Gasteiger partial charge in [-0.1, -0.05) is 20.8 Å². The summed E-state index contributed by atoms with van der Waals surface area (Å²) < 4.78 is 5.52. The Balaban J connectivity index is 2.00. The molecule has 2 fully saturated rings. The molecule has 106 valence electrons. The van der Waals surface area contributed by atoms with E-state index in [4.69, 9.17) is 4.74 Å². The van der Waals surface area contributed by atoms with Crippen LogP contribution in [-0.4, -0.2) is 48.5 Å². The number of ether oxygens (including phenoxy) is 1. The molecule has 0 aromatic rings. The van der Waals surface area contributed by atoms with Crippen molar-refractivity contribution in [1.29, 1.82) is 0 Å². The molecule has 0 aromatic heterocycles. The first kappa shape index (κ1) is 14.3.